The Kier molecular flexibility index (Phi) is 6.72. The third-order valence-corrected chi connectivity index (χ3v) is 6.56. The highest BCUT2D eigenvalue weighted by Gasteiger charge is 2.33. The van der Waals surface area contributed by atoms with Crippen LogP contribution in [-0.2, 0) is 19.6 Å². The second kappa shape index (κ2) is 8.62. The van der Waals surface area contributed by atoms with E-state index < -0.39 is 22.0 Å². The number of carboxylic acids is 1. The molecule has 1 saturated heterocycles. The van der Waals surface area contributed by atoms with Crippen molar-refractivity contribution < 1.29 is 27.9 Å². The maximum Gasteiger partial charge on any atom is 0.326 e. The minimum Gasteiger partial charge on any atom is -0.480 e. The average molecular weight is 396 g/mol. The summed E-state index contributed by atoms with van der Waals surface area (Å²) < 4.78 is 26.3. The highest BCUT2D eigenvalue weighted by Crippen LogP contribution is 2.20. The largest absolute Gasteiger partial charge is 0.480 e. The van der Waals surface area contributed by atoms with E-state index in [0.717, 1.165) is 4.31 Å². The van der Waals surface area contributed by atoms with Crippen LogP contribution < -0.4 is 0 Å². The molecule has 0 radical (unpaired) electrons. The van der Waals surface area contributed by atoms with Gasteiger partial charge in [0.25, 0.3) is 0 Å². The van der Waals surface area contributed by atoms with Gasteiger partial charge in [-0.15, -0.1) is 0 Å². The third kappa shape index (κ3) is 4.92. The van der Waals surface area contributed by atoms with Gasteiger partial charge in [-0.25, -0.2) is 17.5 Å². The van der Waals surface area contributed by atoms with Crippen molar-refractivity contribution in [1.29, 1.82) is 0 Å². The Morgan fingerprint density at radius 2 is 1.85 bits per heavy atom. The lowest BCUT2D eigenvalue weighted by atomic mass is 10.2. The fourth-order valence-electron chi connectivity index (χ4n) is 3.08. The smallest absolute Gasteiger partial charge is 0.326 e. The number of ketones is 1. The highest BCUT2D eigenvalue weighted by molar-refractivity contribution is 7.89. The molecule has 0 bridgehead atoms. The van der Waals surface area contributed by atoms with Crippen molar-refractivity contribution in [3.05, 3.63) is 29.8 Å². The molecule has 0 unspecified atom stereocenters. The number of aliphatic carboxylic acids is 1. The van der Waals surface area contributed by atoms with Gasteiger partial charge < -0.3 is 10.0 Å². The fourth-order valence-corrected chi connectivity index (χ4v) is 4.29. The van der Waals surface area contributed by atoms with Crippen LogP contribution >= 0.6 is 0 Å². The molecule has 1 aliphatic rings. The lowest BCUT2D eigenvalue weighted by Gasteiger charge is -2.22. The number of Topliss-reactive ketones (excluding diaryl/α,β-unsaturated/α-hetero) is 1. The average Bonchev–Trinajstić information content (AvgIpc) is 3.11. The van der Waals surface area contributed by atoms with Gasteiger partial charge in [-0.2, -0.15) is 0 Å². The molecular weight excluding hydrogens is 372 g/mol. The number of nitrogens with zero attached hydrogens (tertiary/aromatic N) is 2. The van der Waals surface area contributed by atoms with E-state index in [1.807, 2.05) is 0 Å². The van der Waals surface area contributed by atoms with E-state index in [0.29, 0.717) is 31.4 Å². The summed E-state index contributed by atoms with van der Waals surface area (Å²) in [6.45, 7) is 1.96. The summed E-state index contributed by atoms with van der Waals surface area (Å²) >= 11 is 0. The van der Waals surface area contributed by atoms with Crippen LogP contribution in [0.15, 0.2) is 29.2 Å². The van der Waals surface area contributed by atoms with Gasteiger partial charge in [0, 0.05) is 32.1 Å². The zero-order valence-corrected chi connectivity index (χ0v) is 16.2. The monoisotopic (exact) mass is 396 g/mol. The third-order valence-electron chi connectivity index (χ3n) is 4.69. The summed E-state index contributed by atoms with van der Waals surface area (Å²) in [5.74, 6) is -1.42. The zero-order chi connectivity index (χ0) is 20.2. The Bertz CT molecular complexity index is 819. The molecule has 1 fully saturated rings. The van der Waals surface area contributed by atoms with Crippen molar-refractivity contribution >= 4 is 27.7 Å². The maximum absolute atomic E-state index is 12.6. The van der Waals surface area contributed by atoms with E-state index in [1.165, 1.54) is 43.1 Å². The number of carbonyl (C=O) groups is 3. The minimum absolute atomic E-state index is 0.0758. The van der Waals surface area contributed by atoms with Gasteiger partial charge in [0.2, 0.25) is 15.9 Å². The number of rotatable bonds is 8. The first-order chi connectivity index (χ1) is 12.6. The lowest BCUT2D eigenvalue weighted by molar-refractivity contribution is -0.148. The molecule has 0 saturated carbocycles. The normalized spacial score (nSPS) is 17.3. The molecule has 0 aliphatic carbocycles. The molecular formula is C18H24N2O6S. The predicted molar refractivity (Wildman–Crippen MR) is 97.9 cm³/mol. The second-order valence-electron chi connectivity index (χ2n) is 6.59. The van der Waals surface area contributed by atoms with Crippen molar-refractivity contribution in [1.82, 2.24) is 9.21 Å². The number of hydrogen-bond acceptors (Lipinski definition) is 5. The van der Waals surface area contributed by atoms with Gasteiger partial charge in [0.1, 0.15) is 6.04 Å². The molecule has 2 rings (SSSR count). The van der Waals surface area contributed by atoms with Crippen LogP contribution in [0.5, 0.6) is 0 Å². The summed E-state index contributed by atoms with van der Waals surface area (Å²) in [6, 6.07) is 4.92. The van der Waals surface area contributed by atoms with Crippen molar-refractivity contribution in [3.8, 4) is 0 Å². The van der Waals surface area contributed by atoms with Crippen molar-refractivity contribution in [2.24, 2.45) is 0 Å². The first kappa shape index (κ1) is 21.0. The molecule has 1 aromatic carbocycles. The number of benzene rings is 1. The first-order valence-electron chi connectivity index (χ1n) is 8.74. The molecule has 1 atom stereocenters. The molecule has 0 spiro atoms. The van der Waals surface area contributed by atoms with Gasteiger partial charge in [-0.05, 0) is 38.3 Å². The molecule has 1 amide bonds. The van der Waals surface area contributed by atoms with Crippen LogP contribution in [0.1, 0.15) is 43.0 Å². The van der Waals surface area contributed by atoms with Crippen molar-refractivity contribution in [2.45, 2.75) is 43.5 Å². The Labute approximate surface area is 158 Å². The van der Waals surface area contributed by atoms with Crippen LogP contribution in [0, 0.1) is 0 Å². The quantitative estimate of drug-likeness (QED) is 0.664. The van der Waals surface area contributed by atoms with Gasteiger partial charge >= 0.3 is 5.97 Å². The fraction of sp³-hybridized carbons (Fsp3) is 0.500. The number of carbonyl (C=O) groups excluding carboxylic acids is 2. The van der Waals surface area contributed by atoms with E-state index in [4.69, 9.17) is 5.11 Å². The molecule has 1 aliphatic heterocycles. The molecule has 1 N–H and O–H groups in total. The van der Waals surface area contributed by atoms with E-state index in [1.54, 1.807) is 0 Å². The Morgan fingerprint density at radius 1 is 1.22 bits per heavy atom. The number of hydrogen-bond donors (Lipinski definition) is 1. The zero-order valence-electron chi connectivity index (χ0n) is 15.4. The molecule has 0 aromatic heterocycles. The number of sulfonamides is 1. The van der Waals surface area contributed by atoms with Gasteiger partial charge in [-0.1, -0.05) is 12.1 Å². The first-order valence-corrected chi connectivity index (χ1v) is 10.2. The topological polar surface area (TPSA) is 112 Å². The summed E-state index contributed by atoms with van der Waals surface area (Å²) in [6.07, 6.45) is 1.49. The van der Waals surface area contributed by atoms with Crippen LogP contribution in [0.25, 0.3) is 0 Å². The van der Waals surface area contributed by atoms with Gasteiger partial charge in [0.05, 0.1) is 4.90 Å². The van der Waals surface area contributed by atoms with Crippen LogP contribution in [0.4, 0.5) is 0 Å². The Morgan fingerprint density at radius 3 is 2.41 bits per heavy atom. The molecule has 148 valence electrons. The van der Waals surface area contributed by atoms with E-state index in [-0.39, 0.29) is 29.6 Å². The van der Waals surface area contributed by atoms with Crippen LogP contribution in [0.3, 0.4) is 0 Å². The van der Waals surface area contributed by atoms with Crippen molar-refractivity contribution in [2.75, 3.05) is 20.1 Å². The SMILES string of the molecule is CC(=O)c1ccc(S(=O)(=O)N(C)CCCC(=O)N2CCC[C@H]2C(=O)O)cc1. The van der Waals surface area contributed by atoms with Crippen LogP contribution in [0.2, 0.25) is 0 Å². The van der Waals surface area contributed by atoms with Gasteiger partial charge in [0.15, 0.2) is 5.78 Å². The minimum atomic E-state index is -3.72. The maximum atomic E-state index is 12.6. The van der Waals surface area contributed by atoms with E-state index in [9.17, 15) is 22.8 Å². The molecule has 1 aromatic rings. The summed E-state index contributed by atoms with van der Waals surface area (Å²) in [4.78, 5) is 36.1. The summed E-state index contributed by atoms with van der Waals surface area (Å²) in [5, 5.41) is 9.13. The molecule has 27 heavy (non-hydrogen) atoms. The van der Waals surface area contributed by atoms with Crippen molar-refractivity contribution in [3.63, 3.8) is 0 Å². The molecule has 1 heterocycles. The number of amides is 1. The Hall–Kier alpha value is -2.26. The standard InChI is InChI=1S/C18H24N2O6S/c1-13(21)14-7-9-15(10-8-14)27(25,26)19(2)11-4-6-17(22)20-12-3-5-16(20)18(23)24/h7-10,16H,3-6,11-12H2,1-2H3,(H,23,24)/t16-/m0/s1. The highest BCUT2D eigenvalue weighted by atomic mass is 32.2. The molecule has 8 nitrogen and oxygen atoms in total. The summed E-state index contributed by atoms with van der Waals surface area (Å²) in [7, 11) is -2.29. The summed E-state index contributed by atoms with van der Waals surface area (Å²) in [5.41, 5.74) is 0.431. The van der Waals surface area contributed by atoms with Crippen LogP contribution in [-0.4, -0.2) is 66.6 Å². The van der Waals surface area contributed by atoms with E-state index in [2.05, 4.69) is 0 Å². The molecule has 9 heteroatoms. The number of likely N-dealkylation sites (tertiary alicyclic amines) is 1. The second-order valence-corrected chi connectivity index (χ2v) is 8.64. The van der Waals surface area contributed by atoms with E-state index >= 15 is 0 Å². The number of carboxylic acid groups (broad SMARTS) is 1. The Balaban J connectivity index is 1.92. The van der Waals surface area contributed by atoms with Gasteiger partial charge in [-0.3, -0.25) is 9.59 Å². The predicted octanol–water partition coefficient (Wildman–Crippen LogP) is 1.37. The lowest BCUT2D eigenvalue weighted by Crippen LogP contribution is -2.40.